The fourth-order valence-electron chi connectivity index (χ4n) is 3.10. The summed E-state index contributed by atoms with van der Waals surface area (Å²) < 4.78 is 25.4. The van der Waals surface area contributed by atoms with Gasteiger partial charge in [0.15, 0.2) is 0 Å². The van der Waals surface area contributed by atoms with Crippen molar-refractivity contribution in [2.75, 3.05) is 32.5 Å². The summed E-state index contributed by atoms with van der Waals surface area (Å²) in [5, 5.41) is 4.69. The maximum atomic E-state index is 12.6. The van der Waals surface area contributed by atoms with Crippen molar-refractivity contribution in [3.05, 3.63) is 46.7 Å². The minimum Gasteiger partial charge on any atom is -0.337 e. The summed E-state index contributed by atoms with van der Waals surface area (Å²) in [6.45, 7) is 1.03. The number of benzene rings is 1. The number of amides is 2. The van der Waals surface area contributed by atoms with Crippen LogP contribution in [-0.4, -0.2) is 56.6 Å². The highest BCUT2D eigenvalue weighted by atomic mass is 32.2. The van der Waals surface area contributed by atoms with Crippen LogP contribution in [0.2, 0.25) is 0 Å². The number of piperidine rings is 1. The molecule has 1 aliphatic heterocycles. The van der Waals surface area contributed by atoms with E-state index < -0.39 is 10.0 Å². The fourth-order valence-corrected chi connectivity index (χ4v) is 4.69. The summed E-state index contributed by atoms with van der Waals surface area (Å²) in [7, 11) is -0.564. The molecular weight excluding hydrogens is 398 g/mol. The number of nitrogens with zero attached hydrogens (tertiary/aromatic N) is 2. The number of rotatable bonds is 5. The molecule has 150 valence electrons. The number of carbonyl (C=O) groups excluding carboxylic acids is 2. The van der Waals surface area contributed by atoms with Crippen LogP contribution < -0.4 is 5.32 Å². The molecular formula is C19H23N3O4S2. The Morgan fingerprint density at radius 1 is 1.18 bits per heavy atom. The van der Waals surface area contributed by atoms with Gasteiger partial charge in [-0.2, -0.15) is 0 Å². The van der Waals surface area contributed by atoms with Crippen molar-refractivity contribution in [2.24, 2.45) is 5.92 Å². The Morgan fingerprint density at radius 2 is 1.89 bits per heavy atom. The number of thiophene rings is 1. The third kappa shape index (κ3) is 4.43. The molecule has 7 nitrogen and oxygen atoms in total. The molecule has 9 heteroatoms. The number of anilines is 1. The summed E-state index contributed by atoms with van der Waals surface area (Å²) in [6.07, 6.45) is 1.49. The Morgan fingerprint density at radius 3 is 2.50 bits per heavy atom. The zero-order valence-corrected chi connectivity index (χ0v) is 17.4. The van der Waals surface area contributed by atoms with Gasteiger partial charge in [0.1, 0.15) is 0 Å². The lowest BCUT2D eigenvalue weighted by Gasteiger charge is -2.31. The van der Waals surface area contributed by atoms with Crippen LogP contribution in [0.4, 0.5) is 5.69 Å². The average molecular weight is 422 g/mol. The lowest BCUT2D eigenvalue weighted by Crippen LogP contribution is -2.43. The molecule has 0 aliphatic carbocycles. The second-order valence-corrected chi connectivity index (χ2v) is 9.97. The predicted octanol–water partition coefficient (Wildman–Crippen LogP) is 2.49. The number of nitrogens with one attached hydrogen (secondary N) is 1. The summed E-state index contributed by atoms with van der Waals surface area (Å²) in [6, 6.07) is 9.72. The summed E-state index contributed by atoms with van der Waals surface area (Å²) in [4.78, 5) is 27.7. The maximum Gasteiger partial charge on any atom is 0.263 e. The van der Waals surface area contributed by atoms with Crippen molar-refractivity contribution in [3.8, 4) is 0 Å². The first-order valence-corrected chi connectivity index (χ1v) is 11.3. The first-order chi connectivity index (χ1) is 13.3. The molecule has 1 N–H and O–H groups in total. The quantitative estimate of drug-likeness (QED) is 0.804. The fraction of sp³-hybridized carbons (Fsp3) is 0.368. The molecule has 1 saturated heterocycles. The molecule has 1 atom stereocenters. The van der Waals surface area contributed by atoms with Crippen LogP contribution >= 0.6 is 11.3 Å². The Labute approximate surface area is 169 Å². The Hall–Kier alpha value is -2.23. The van der Waals surface area contributed by atoms with E-state index in [0.29, 0.717) is 30.1 Å². The molecule has 3 rings (SSSR count). The minimum absolute atomic E-state index is 0.0363. The zero-order chi connectivity index (χ0) is 20.3. The smallest absolute Gasteiger partial charge is 0.263 e. The van der Waals surface area contributed by atoms with Gasteiger partial charge in [0, 0.05) is 32.9 Å². The SMILES string of the molecule is CN(C)S(=O)(=O)c1ccc(NC(=O)C2CCCN(C(=O)c3cccs3)C2)cc1. The number of hydrogen-bond donors (Lipinski definition) is 1. The van der Waals surface area contributed by atoms with Gasteiger partial charge in [-0.25, -0.2) is 12.7 Å². The monoisotopic (exact) mass is 421 g/mol. The zero-order valence-electron chi connectivity index (χ0n) is 15.8. The summed E-state index contributed by atoms with van der Waals surface area (Å²) >= 11 is 1.40. The topological polar surface area (TPSA) is 86.8 Å². The highest BCUT2D eigenvalue weighted by molar-refractivity contribution is 7.89. The second kappa shape index (κ2) is 8.42. The van der Waals surface area contributed by atoms with E-state index in [0.717, 1.165) is 10.7 Å². The second-order valence-electron chi connectivity index (χ2n) is 6.87. The Kier molecular flexibility index (Phi) is 6.17. The molecule has 1 aliphatic rings. The van der Waals surface area contributed by atoms with Gasteiger partial charge >= 0.3 is 0 Å². The van der Waals surface area contributed by atoms with E-state index >= 15 is 0 Å². The van der Waals surface area contributed by atoms with Crippen LogP contribution in [0, 0.1) is 5.92 Å². The van der Waals surface area contributed by atoms with Gasteiger partial charge in [-0.1, -0.05) is 6.07 Å². The van der Waals surface area contributed by atoms with Crippen molar-refractivity contribution in [3.63, 3.8) is 0 Å². The highest BCUT2D eigenvalue weighted by Gasteiger charge is 2.29. The number of hydrogen-bond acceptors (Lipinski definition) is 5. The van der Waals surface area contributed by atoms with Crippen LogP contribution in [0.25, 0.3) is 0 Å². The molecule has 1 fully saturated rings. The van der Waals surface area contributed by atoms with E-state index in [-0.39, 0.29) is 22.6 Å². The average Bonchev–Trinajstić information content (AvgIpc) is 3.22. The molecule has 2 heterocycles. The van der Waals surface area contributed by atoms with Gasteiger partial charge in [0.2, 0.25) is 15.9 Å². The van der Waals surface area contributed by atoms with E-state index in [4.69, 9.17) is 0 Å². The largest absolute Gasteiger partial charge is 0.337 e. The normalized spacial score (nSPS) is 17.5. The minimum atomic E-state index is -3.50. The van der Waals surface area contributed by atoms with Crippen molar-refractivity contribution in [1.29, 1.82) is 0 Å². The number of carbonyl (C=O) groups is 2. The summed E-state index contributed by atoms with van der Waals surface area (Å²) in [5.74, 6) is -0.486. The predicted molar refractivity (Wildman–Crippen MR) is 109 cm³/mol. The van der Waals surface area contributed by atoms with Crippen LogP contribution in [0.5, 0.6) is 0 Å². The first kappa shape index (κ1) is 20.5. The number of sulfonamides is 1. The molecule has 2 amide bonds. The third-order valence-electron chi connectivity index (χ3n) is 4.71. The van der Waals surface area contributed by atoms with Crippen molar-refractivity contribution in [2.45, 2.75) is 17.7 Å². The Bertz CT molecular complexity index is 938. The third-order valence-corrected chi connectivity index (χ3v) is 7.40. The van der Waals surface area contributed by atoms with Gasteiger partial charge in [-0.05, 0) is 48.6 Å². The van der Waals surface area contributed by atoms with Crippen molar-refractivity contribution >= 4 is 38.9 Å². The molecule has 0 radical (unpaired) electrons. The highest BCUT2D eigenvalue weighted by Crippen LogP contribution is 2.23. The van der Waals surface area contributed by atoms with Gasteiger partial charge in [0.25, 0.3) is 5.91 Å². The molecule has 0 bridgehead atoms. The van der Waals surface area contributed by atoms with E-state index in [1.807, 2.05) is 11.4 Å². The summed E-state index contributed by atoms with van der Waals surface area (Å²) in [5.41, 5.74) is 0.532. The van der Waals surface area contributed by atoms with Gasteiger partial charge < -0.3 is 10.2 Å². The lowest BCUT2D eigenvalue weighted by atomic mass is 9.97. The maximum absolute atomic E-state index is 12.6. The molecule has 1 aromatic carbocycles. The molecule has 2 aromatic rings. The lowest BCUT2D eigenvalue weighted by molar-refractivity contribution is -0.121. The van der Waals surface area contributed by atoms with Gasteiger partial charge in [-0.3, -0.25) is 9.59 Å². The Balaban J connectivity index is 1.63. The number of likely N-dealkylation sites (tertiary alicyclic amines) is 1. The molecule has 1 aromatic heterocycles. The van der Waals surface area contributed by atoms with Crippen molar-refractivity contribution < 1.29 is 18.0 Å². The molecule has 28 heavy (non-hydrogen) atoms. The first-order valence-electron chi connectivity index (χ1n) is 8.95. The van der Waals surface area contributed by atoms with E-state index in [1.54, 1.807) is 23.1 Å². The molecule has 1 unspecified atom stereocenters. The van der Waals surface area contributed by atoms with Crippen LogP contribution in [0.3, 0.4) is 0 Å². The standard InChI is InChI=1S/C19H23N3O4S2/c1-21(2)28(25,26)16-9-7-15(8-10-16)20-18(23)14-5-3-11-22(13-14)19(24)17-6-4-12-27-17/h4,6-10,12,14H,3,5,11,13H2,1-2H3,(H,20,23). The van der Waals surface area contributed by atoms with Crippen LogP contribution in [0.15, 0.2) is 46.7 Å². The van der Waals surface area contributed by atoms with Crippen molar-refractivity contribution in [1.82, 2.24) is 9.21 Å². The molecule has 0 spiro atoms. The van der Waals surface area contributed by atoms with E-state index in [2.05, 4.69) is 5.32 Å². The van der Waals surface area contributed by atoms with E-state index in [9.17, 15) is 18.0 Å². The van der Waals surface area contributed by atoms with E-state index in [1.165, 1.54) is 37.6 Å². The van der Waals surface area contributed by atoms with Crippen LogP contribution in [0.1, 0.15) is 22.5 Å². The molecule has 0 saturated carbocycles. The van der Waals surface area contributed by atoms with Gasteiger partial charge in [0.05, 0.1) is 15.7 Å². The van der Waals surface area contributed by atoms with Crippen LogP contribution in [-0.2, 0) is 14.8 Å². The van der Waals surface area contributed by atoms with Gasteiger partial charge in [-0.15, -0.1) is 11.3 Å².